The Morgan fingerprint density at radius 1 is 0.933 bits per heavy atom. The van der Waals surface area contributed by atoms with Crippen molar-refractivity contribution in [1.82, 2.24) is 29.5 Å². The Morgan fingerprint density at radius 2 is 1.55 bits per heavy atom. The van der Waals surface area contributed by atoms with Crippen molar-refractivity contribution in [3.63, 3.8) is 0 Å². The molecule has 5 N–H and O–H groups in total. The normalized spacial score (nSPS) is 26.6. The monoisotopic (exact) mass is 875 g/mol. The Kier molecular flexibility index (Phi) is 17.7. The number of aromatic nitrogens is 4. The van der Waals surface area contributed by atoms with E-state index in [2.05, 4.69) is 20.3 Å². The quantitative estimate of drug-likeness (QED) is 0.0531. The molecular weight excluding hydrogens is 817 g/mol. The number of rotatable bonds is 22. The van der Waals surface area contributed by atoms with Crippen molar-refractivity contribution in [2.45, 2.75) is 122 Å². The van der Waals surface area contributed by atoms with Crippen molar-refractivity contribution in [3.05, 3.63) is 12.7 Å². The number of amides is 1. The molecule has 2 aliphatic rings. The van der Waals surface area contributed by atoms with Gasteiger partial charge in [-0.15, -0.1) is 0 Å². The number of imidazole rings is 1. The van der Waals surface area contributed by atoms with Gasteiger partial charge < -0.3 is 63.7 Å². The largest absolute Gasteiger partial charge is 0.463 e. The Labute approximate surface area is 347 Å². The van der Waals surface area contributed by atoms with Gasteiger partial charge in [0.15, 0.2) is 30.0 Å². The molecule has 0 aromatic carbocycles. The maximum Gasteiger partial charge on any atom is 0.325 e. The number of hydrogen-bond donors (Lipinski definition) is 4. The summed E-state index contributed by atoms with van der Waals surface area (Å²) >= 11 is 0. The fourth-order valence-electron chi connectivity index (χ4n) is 7.26. The number of aliphatic hydroxyl groups is 2. The van der Waals surface area contributed by atoms with E-state index in [0.717, 1.165) is 13.8 Å². The fourth-order valence-corrected chi connectivity index (χ4v) is 10.6. The second-order valence-corrected chi connectivity index (χ2v) is 17.1. The van der Waals surface area contributed by atoms with Gasteiger partial charge in [-0.05, 0) is 27.7 Å². The molecule has 2 aromatic heterocycles. The van der Waals surface area contributed by atoms with Crippen molar-refractivity contribution in [3.8, 4) is 0 Å². The molecule has 2 fully saturated rings. The lowest BCUT2D eigenvalue weighted by Crippen LogP contribution is -2.66. The molecule has 1 unspecified atom stereocenters. The molecule has 0 bridgehead atoms. The second-order valence-electron chi connectivity index (χ2n) is 14.6. The minimum atomic E-state index is -4.23. The predicted octanol–water partition coefficient (Wildman–Crippen LogP) is 0.195. The van der Waals surface area contributed by atoms with Gasteiger partial charge in [-0.3, -0.25) is 28.3 Å². The van der Waals surface area contributed by atoms with Crippen LogP contribution in [0.3, 0.4) is 0 Å². The molecule has 0 radical (unpaired) electrons. The number of nitrogens with two attached hydrogens (primary N) is 1. The van der Waals surface area contributed by atoms with E-state index in [-0.39, 0.29) is 81.7 Å². The van der Waals surface area contributed by atoms with E-state index in [1.54, 1.807) is 4.67 Å². The van der Waals surface area contributed by atoms with Crippen LogP contribution < -0.4 is 11.1 Å². The molecule has 24 heteroatoms. The zero-order chi connectivity index (χ0) is 44.4. The molecule has 9 atom stereocenters. The van der Waals surface area contributed by atoms with Gasteiger partial charge in [-0.2, -0.15) is 0 Å². The molecule has 23 nitrogen and oxygen atoms in total. The van der Waals surface area contributed by atoms with Gasteiger partial charge in [0.1, 0.15) is 43.0 Å². The number of anilines is 1. The minimum absolute atomic E-state index is 0.0147. The van der Waals surface area contributed by atoms with Crippen molar-refractivity contribution in [1.29, 1.82) is 0 Å². The van der Waals surface area contributed by atoms with E-state index >= 15 is 4.57 Å². The summed E-state index contributed by atoms with van der Waals surface area (Å²) < 4.78 is 70.7. The van der Waals surface area contributed by atoms with Gasteiger partial charge in [0, 0.05) is 46.2 Å². The van der Waals surface area contributed by atoms with E-state index in [1.165, 1.54) is 31.1 Å². The van der Waals surface area contributed by atoms with Gasteiger partial charge in [-0.1, -0.05) is 0 Å². The number of esters is 3. The van der Waals surface area contributed by atoms with Crippen LogP contribution in [0.25, 0.3) is 11.2 Å². The molecule has 2 aliphatic heterocycles. The summed E-state index contributed by atoms with van der Waals surface area (Å²) in [6, 6.07) is -1.82. The topological polar surface area (TPSA) is 294 Å². The summed E-state index contributed by atoms with van der Waals surface area (Å²) in [5.74, 6) is -2.54. The smallest absolute Gasteiger partial charge is 0.325 e. The number of hydrogen-bond acceptors (Lipinski definition) is 20. The van der Waals surface area contributed by atoms with Crippen molar-refractivity contribution in [2.75, 3.05) is 58.6 Å². The zero-order valence-electron chi connectivity index (χ0n) is 35.1. The maximum absolute atomic E-state index is 15.7. The molecule has 0 spiro atoms. The summed E-state index contributed by atoms with van der Waals surface area (Å²) in [6.45, 7) is 11.0. The van der Waals surface area contributed by atoms with Gasteiger partial charge in [0.2, 0.25) is 11.4 Å². The molecule has 2 aromatic rings. The number of aliphatic hydroxyl groups excluding tert-OH is 2. The Morgan fingerprint density at radius 3 is 2.12 bits per heavy atom. The van der Waals surface area contributed by atoms with Crippen LogP contribution in [0.4, 0.5) is 5.82 Å². The van der Waals surface area contributed by atoms with E-state index in [4.69, 9.17) is 48.2 Å². The highest BCUT2D eigenvalue weighted by Crippen LogP contribution is 2.70. The lowest BCUT2D eigenvalue weighted by Gasteiger charge is -2.46. The number of carbonyl (C=O) groups is 4. The number of nitrogens with one attached hydrogen (secondary N) is 1. The standard InChI is InChI=1S/C36H58N7O16P/c1-20(2)43(21(3)4)60(50,36(15-26(49)27(16-44)59-36)42-19-40-30-33(37)38-18-39-34(30)42)55-14-12-52-10-9-51-11-13-53-35-29(41-22(5)45)32(57-25(8)48)31(56-24(7)47)28(58-35)17-54-23(6)46/h18-21,26-29,31-32,35,44,49H,9-17H2,1-8H3,(H,41,45)(H2,37,38,39)/t26-,27+,28+,29+,31-,32+,35+,36-,60?/m0/s1. The molecular formula is C36H58N7O16P. The Bertz CT molecular complexity index is 1810. The molecule has 0 saturated carbocycles. The van der Waals surface area contributed by atoms with Gasteiger partial charge >= 0.3 is 25.4 Å². The van der Waals surface area contributed by atoms with Crippen LogP contribution in [-0.4, -0.2) is 166 Å². The first-order chi connectivity index (χ1) is 28.4. The lowest BCUT2D eigenvalue weighted by molar-refractivity contribution is -0.279. The van der Waals surface area contributed by atoms with Crippen LogP contribution in [0.15, 0.2) is 12.7 Å². The van der Waals surface area contributed by atoms with E-state index < -0.39 is 86.3 Å². The van der Waals surface area contributed by atoms with Crippen LogP contribution in [0.2, 0.25) is 0 Å². The zero-order valence-corrected chi connectivity index (χ0v) is 36.0. The lowest BCUT2D eigenvalue weighted by atomic mass is 9.96. The van der Waals surface area contributed by atoms with E-state index in [9.17, 15) is 29.4 Å². The van der Waals surface area contributed by atoms with Crippen molar-refractivity contribution >= 4 is 48.3 Å². The molecule has 338 valence electrons. The SMILES string of the molecule is CC(=O)N[C@H]1[C@H](OCCOCCOCCOP(=O)(N(C(C)C)C(C)C)[C@]2(n3cnc4c(N)ncnc43)C[C@H](O)[C@@H](CO)O2)O[C@H](COC(C)=O)[C@H](OC(C)=O)[C@@H]1OC(C)=O. The highest BCUT2D eigenvalue weighted by atomic mass is 31.2. The van der Waals surface area contributed by atoms with Crippen molar-refractivity contribution < 1.29 is 76.4 Å². The van der Waals surface area contributed by atoms with Crippen LogP contribution in [0, 0.1) is 0 Å². The highest BCUT2D eigenvalue weighted by Gasteiger charge is 2.64. The predicted molar refractivity (Wildman–Crippen MR) is 208 cm³/mol. The third-order valence-electron chi connectivity index (χ3n) is 9.41. The summed E-state index contributed by atoms with van der Waals surface area (Å²) in [6.07, 6.45) is -4.88. The van der Waals surface area contributed by atoms with E-state index in [1.807, 2.05) is 27.7 Å². The summed E-state index contributed by atoms with van der Waals surface area (Å²) in [7, 11) is -4.23. The van der Waals surface area contributed by atoms with Crippen LogP contribution in [-0.2, 0) is 71.6 Å². The van der Waals surface area contributed by atoms with Crippen LogP contribution in [0.5, 0.6) is 0 Å². The van der Waals surface area contributed by atoms with E-state index in [0.29, 0.717) is 0 Å². The molecule has 60 heavy (non-hydrogen) atoms. The molecule has 0 aliphatic carbocycles. The fraction of sp³-hybridized carbons (Fsp3) is 0.750. The maximum atomic E-state index is 15.7. The second kappa shape index (κ2) is 21.8. The van der Waals surface area contributed by atoms with Crippen molar-refractivity contribution in [2.24, 2.45) is 0 Å². The number of nitrogens with zero attached hydrogens (tertiary/aromatic N) is 5. The Balaban J connectivity index is 1.40. The minimum Gasteiger partial charge on any atom is -0.463 e. The molecule has 2 saturated heterocycles. The summed E-state index contributed by atoms with van der Waals surface area (Å²) in [4.78, 5) is 60.5. The molecule has 1 amide bonds. The Hall–Kier alpha value is -3.90. The first-order valence-corrected chi connectivity index (χ1v) is 21.1. The van der Waals surface area contributed by atoms with Crippen LogP contribution in [0.1, 0.15) is 61.8 Å². The van der Waals surface area contributed by atoms with Gasteiger partial charge in [0.25, 0.3) is 0 Å². The average molecular weight is 876 g/mol. The summed E-state index contributed by atoms with van der Waals surface area (Å²) in [5.41, 5.74) is 4.60. The number of carbonyl (C=O) groups excluding carboxylic acids is 4. The van der Waals surface area contributed by atoms with Gasteiger partial charge in [0.05, 0.1) is 52.4 Å². The van der Waals surface area contributed by atoms with Gasteiger partial charge in [-0.25, -0.2) is 19.6 Å². The number of ether oxygens (including phenoxy) is 8. The third-order valence-corrected chi connectivity index (χ3v) is 12.9. The summed E-state index contributed by atoms with van der Waals surface area (Å²) in [5, 5.41) is 23.8. The molecule has 4 heterocycles. The highest BCUT2D eigenvalue weighted by molar-refractivity contribution is 7.57. The first-order valence-electron chi connectivity index (χ1n) is 19.5. The number of fused-ring (bicyclic) bond motifs is 1. The van der Waals surface area contributed by atoms with Crippen LogP contribution >= 0.6 is 7.52 Å². The third kappa shape index (κ3) is 11.5. The first kappa shape index (κ1) is 48.8. The average Bonchev–Trinajstić information content (AvgIpc) is 3.75. The molecule has 4 rings (SSSR count). The number of nitrogen functional groups attached to an aromatic ring is 1.